The van der Waals surface area contributed by atoms with Crippen LogP contribution in [0.15, 0.2) is 23.1 Å². The summed E-state index contributed by atoms with van der Waals surface area (Å²) in [6.07, 6.45) is 4.26. The molecule has 1 unspecified atom stereocenters. The Balaban J connectivity index is 2.81. The predicted molar refractivity (Wildman–Crippen MR) is 88.0 cm³/mol. The molecule has 1 aromatic rings. The molecule has 22 heavy (non-hydrogen) atoms. The summed E-state index contributed by atoms with van der Waals surface area (Å²) >= 11 is 0. The van der Waals surface area contributed by atoms with Crippen molar-refractivity contribution >= 4 is 10.0 Å². The molecule has 0 aromatic heterocycles. The van der Waals surface area contributed by atoms with Gasteiger partial charge in [-0.2, -0.15) is 0 Å². The molecule has 0 aliphatic carbocycles. The third kappa shape index (κ3) is 5.18. The van der Waals surface area contributed by atoms with Gasteiger partial charge in [0.05, 0.1) is 19.1 Å². The largest absolute Gasteiger partial charge is 0.493 e. The predicted octanol–water partition coefficient (Wildman–Crippen LogP) is 3.20. The molecule has 1 atom stereocenters. The Morgan fingerprint density at radius 2 is 1.82 bits per heavy atom. The lowest BCUT2D eigenvalue weighted by Crippen LogP contribution is -2.29. The van der Waals surface area contributed by atoms with Crippen molar-refractivity contribution in [3.8, 4) is 11.5 Å². The molecule has 1 aromatic carbocycles. The van der Waals surface area contributed by atoms with Crippen molar-refractivity contribution in [3.63, 3.8) is 0 Å². The van der Waals surface area contributed by atoms with Gasteiger partial charge in [-0.25, -0.2) is 13.1 Å². The van der Waals surface area contributed by atoms with Gasteiger partial charge in [-0.3, -0.25) is 0 Å². The summed E-state index contributed by atoms with van der Waals surface area (Å²) in [5.74, 6) is 1.29. The van der Waals surface area contributed by atoms with Gasteiger partial charge in [0, 0.05) is 12.6 Å². The van der Waals surface area contributed by atoms with Crippen LogP contribution in [-0.4, -0.2) is 29.2 Å². The van der Waals surface area contributed by atoms with E-state index in [9.17, 15) is 8.42 Å². The van der Waals surface area contributed by atoms with Crippen LogP contribution in [-0.2, 0) is 10.0 Å². The molecule has 0 saturated carbocycles. The van der Waals surface area contributed by atoms with Crippen LogP contribution < -0.4 is 14.2 Å². The van der Waals surface area contributed by atoms with Crippen LogP contribution in [0.4, 0.5) is 0 Å². The van der Waals surface area contributed by atoms with E-state index in [1.807, 2.05) is 0 Å². The molecule has 126 valence electrons. The van der Waals surface area contributed by atoms with E-state index in [-0.39, 0.29) is 4.90 Å². The Bertz CT molecular complexity index is 557. The Hall–Kier alpha value is -1.27. The van der Waals surface area contributed by atoms with Crippen LogP contribution in [0.2, 0.25) is 0 Å². The fourth-order valence-corrected chi connectivity index (χ4v) is 3.37. The molecule has 0 heterocycles. The van der Waals surface area contributed by atoms with Gasteiger partial charge in [0.25, 0.3) is 0 Å². The molecule has 0 radical (unpaired) electrons. The minimum atomic E-state index is -3.53. The van der Waals surface area contributed by atoms with E-state index in [1.54, 1.807) is 6.07 Å². The minimum Gasteiger partial charge on any atom is -0.493 e. The van der Waals surface area contributed by atoms with Gasteiger partial charge >= 0.3 is 0 Å². The number of sulfonamides is 1. The van der Waals surface area contributed by atoms with Crippen molar-refractivity contribution in [2.24, 2.45) is 5.92 Å². The number of rotatable bonds is 10. The second-order valence-corrected chi connectivity index (χ2v) is 7.05. The van der Waals surface area contributed by atoms with E-state index in [0.717, 1.165) is 25.7 Å². The highest BCUT2D eigenvalue weighted by Gasteiger charge is 2.18. The van der Waals surface area contributed by atoms with Crippen LogP contribution in [0.25, 0.3) is 0 Å². The molecule has 0 spiro atoms. The molecule has 0 aliphatic heterocycles. The van der Waals surface area contributed by atoms with Crippen molar-refractivity contribution < 1.29 is 17.9 Å². The number of methoxy groups -OCH3 is 2. The molecule has 0 amide bonds. The van der Waals surface area contributed by atoms with Crippen molar-refractivity contribution in [3.05, 3.63) is 18.2 Å². The highest BCUT2D eigenvalue weighted by molar-refractivity contribution is 7.89. The first-order valence-corrected chi connectivity index (χ1v) is 9.18. The van der Waals surface area contributed by atoms with Crippen LogP contribution in [0.1, 0.15) is 39.5 Å². The number of hydrogen-bond acceptors (Lipinski definition) is 4. The maximum Gasteiger partial charge on any atom is 0.240 e. The number of nitrogens with one attached hydrogen (secondary N) is 1. The highest BCUT2D eigenvalue weighted by Crippen LogP contribution is 2.29. The van der Waals surface area contributed by atoms with Gasteiger partial charge in [-0.15, -0.1) is 0 Å². The van der Waals surface area contributed by atoms with Crippen LogP contribution in [0.5, 0.6) is 11.5 Å². The number of unbranched alkanes of at least 4 members (excludes halogenated alkanes) is 1. The third-order valence-corrected chi connectivity index (χ3v) is 5.19. The molecular formula is C16H27NO4S. The number of hydrogen-bond donors (Lipinski definition) is 1. The van der Waals surface area contributed by atoms with E-state index >= 15 is 0 Å². The molecule has 1 N–H and O–H groups in total. The SMILES string of the molecule is CCCCC(CC)CNS(=O)(=O)c1ccc(OC)c(OC)c1. The highest BCUT2D eigenvalue weighted by atomic mass is 32.2. The summed E-state index contributed by atoms with van der Waals surface area (Å²) in [7, 11) is -0.530. The van der Waals surface area contributed by atoms with Gasteiger partial charge in [0.2, 0.25) is 10.0 Å². The van der Waals surface area contributed by atoms with Gasteiger partial charge in [0.1, 0.15) is 0 Å². The van der Waals surface area contributed by atoms with Crippen LogP contribution in [0, 0.1) is 5.92 Å². The Morgan fingerprint density at radius 3 is 2.36 bits per heavy atom. The summed E-state index contributed by atoms with van der Waals surface area (Å²) in [6.45, 7) is 4.69. The summed E-state index contributed by atoms with van der Waals surface area (Å²) < 4.78 is 37.8. The average molecular weight is 329 g/mol. The van der Waals surface area contributed by atoms with E-state index in [1.165, 1.54) is 26.4 Å². The monoisotopic (exact) mass is 329 g/mol. The first-order valence-electron chi connectivity index (χ1n) is 7.70. The second-order valence-electron chi connectivity index (χ2n) is 5.29. The zero-order valence-corrected chi connectivity index (χ0v) is 14.7. The third-order valence-electron chi connectivity index (χ3n) is 3.77. The molecular weight excluding hydrogens is 302 g/mol. The van der Waals surface area contributed by atoms with Gasteiger partial charge in [-0.1, -0.05) is 33.1 Å². The lowest BCUT2D eigenvalue weighted by atomic mass is 10.00. The maximum atomic E-state index is 12.4. The Kier molecular flexibility index (Phi) is 7.68. The van der Waals surface area contributed by atoms with Crippen molar-refractivity contribution in [2.45, 2.75) is 44.4 Å². The van der Waals surface area contributed by atoms with Crippen LogP contribution >= 0.6 is 0 Å². The van der Waals surface area contributed by atoms with E-state index < -0.39 is 10.0 Å². The second kappa shape index (κ2) is 9.00. The van der Waals surface area contributed by atoms with Gasteiger partial charge in [0.15, 0.2) is 11.5 Å². The van der Waals surface area contributed by atoms with Crippen molar-refractivity contribution in [1.82, 2.24) is 4.72 Å². The summed E-state index contributed by atoms with van der Waals surface area (Å²) in [5, 5.41) is 0. The molecule has 0 saturated heterocycles. The first-order chi connectivity index (χ1) is 10.5. The fraction of sp³-hybridized carbons (Fsp3) is 0.625. The standard InChI is InChI=1S/C16H27NO4S/c1-5-7-8-13(6-2)12-17-22(18,19)14-9-10-15(20-3)16(11-14)21-4/h9-11,13,17H,5-8,12H2,1-4H3. The van der Waals surface area contributed by atoms with Gasteiger partial charge in [-0.05, 0) is 24.5 Å². The molecule has 6 heteroatoms. The zero-order chi connectivity index (χ0) is 16.6. The van der Waals surface area contributed by atoms with E-state index in [4.69, 9.17) is 9.47 Å². The molecule has 0 aliphatic rings. The van der Waals surface area contributed by atoms with Crippen molar-refractivity contribution in [2.75, 3.05) is 20.8 Å². The fourth-order valence-electron chi connectivity index (χ4n) is 2.24. The number of ether oxygens (including phenoxy) is 2. The molecule has 0 fully saturated rings. The first kappa shape index (κ1) is 18.8. The smallest absolute Gasteiger partial charge is 0.240 e. The van der Waals surface area contributed by atoms with E-state index in [2.05, 4.69) is 18.6 Å². The number of benzene rings is 1. The topological polar surface area (TPSA) is 64.6 Å². The summed E-state index contributed by atoms with van der Waals surface area (Å²) in [5.41, 5.74) is 0. The van der Waals surface area contributed by atoms with Crippen molar-refractivity contribution in [1.29, 1.82) is 0 Å². The maximum absolute atomic E-state index is 12.4. The minimum absolute atomic E-state index is 0.190. The zero-order valence-electron chi connectivity index (χ0n) is 13.9. The summed E-state index contributed by atoms with van der Waals surface area (Å²) in [4.78, 5) is 0.190. The Morgan fingerprint density at radius 1 is 1.14 bits per heavy atom. The quantitative estimate of drug-likeness (QED) is 0.716. The lowest BCUT2D eigenvalue weighted by molar-refractivity contribution is 0.354. The van der Waals surface area contributed by atoms with E-state index in [0.29, 0.717) is 24.0 Å². The average Bonchev–Trinajstić information content (AvgIpc) is 2.54. The normalized spacial score (nSPS) is 12.9. The molecule has 1 rings (SSSR count). The molecule has 0 bridgehead atoms. The lowest BCUT2D eigenvalue weighted by Gasteiger charge is -2.16. The summed E-state index contributed by atoms with van der Waals surface area (Å²) in [6, 6.07) is 4.60. The molecule has 5 nitrogen and oxygen atoms in total. The van der Waals surface area contributed by atoms with Crippen LogP contribution in [0.3, 0.4) is 0 Å². The Labute approximate surface area is 134 Å². The van der Waals surface area contributed by atoms with Gasteiger partial charge < -0.3 is 9.47 Å².